The van der Waals surface area contributed by atoms with Gasteiger partial charge in [-0.15, -0.1) is 0 Å². The van der Waals surface area contributed by atoms with E-state index in [2.05, 4.69) is 165 Å². The molecule has 0 saturated heterocycles. The van der Waals surface area contributed by atoms with Crippen molar-refractivity contribution in [3.63, 3.8) is 0 Å². The maximum atomic E-state index is 5.17. The minimum absolute atomic E-state index is 0.108. The summed E-state index contributed by atoms with van der Waals surface area (Å²) in [5.41, 5.74) is 13.8. The summed E-state index contributed by atoms with van der Waals surface area (Å²) in [4.78, 5) is 10.2. The predicted octanol–water partition coefficient (Wildman–Crippen LogP) is 13.4. The zero-order valence-corrected chi connectivity index (χ0v) is 31.8. The van der Waals surface area contributed by atoms with Gasteiger partial charge >= 0.3 is 0 Å². The summed E-state index contributed by atoms with van der Waals surface area (Å²) in [5, 5.41) is 8.49. The summed E-state index contributed by atoms with van der Waals surface area (Å²) < 4.78 is 0. The Morgan fingerprint density at radius 1 is 0.786 bits per heavy atom. The van der Waals surface area contributed by atoms with Crippen molar-refractivity contribution in [2.75, 3.05) is 0 Å². The Morgan fingerprint density at radius 2 is 1.57 bits per heavy atom. The molecule has 5 aromatic carbocycles. The summed E-state index contributed by atoms with van der Waals surface area (Å²) in [7, 11) is 0. The Hall–Kier alpha value is -6.58. The smallest absolute Gasteiger partial charge is 0.0979 e. The highest BCUT2D eigenvalue weighted by Gasteiger charge is 2.22. The summed E-state index contributed by atoms with van der Waals surface area (Å²) in [6.45, 7) is 6.43. The van der Waals surface area contributed by atoms with Crippen molar-refractivity contribution in [3.8, 4) is 11.3 Å². The first-order valence-corrected chi connectivity index (χ1v) is 19.8. The standard InChI is InChI=1S/C53H45N3/c1-3-36(41-23-16-24-42(32-41)44-28-30-49(38-17-8-5-9-18-38)55-50(34-44)39-19-10-6-11-20-39)31-37(4-2)43-27-29-47-48(33-43)45-25-14-15-26-46(45)53-52(47)54-35-51(56-53)40-21-12-7-13-22-40/h3-15,17,19-23,25-27,29-35,38,50,55H,1,16,18,24,28H2,2H3/b36-31+,37-4+. The first kappa shape index (κ1) is 35.1. The first-order valence-electron chi connectivity index (χ1n) is 19.8. The second kappa shape index (κ2) is 15.6. The second-order valence-electron chi connectivity index (χ2n) is 14.8. The molecule has 2 atom stereocenters. The number of rotatable bonds is 8. The Morgan fingerprint density at radius 3 is 2.36 bits per heavy atom. The highest BCUT2D eigenvalue weighted by Crippen LogP contribution is 2.38. The van der Waals surface area contributed by atoms with Gasteiger partial charge in [0.25, 0.3) is 0 Å². The van der Waals surface area contributed by atoms with E-state index in [1.54, 1.807) is 0 Å². The lowest BCUT2D eigenvalue weighted by molar-refractivity contribution is 0.616. The first-order chi connectivity index (χ1) is 27.7. The van der Waals surface area contributed by atoms with Crippen LogP contribution in [0, 0.1) is 5.92 Å². The molecule has 0 saturated carbocycles. The van der Waals surface area contributed by atoms with E-state index >= 15 is 0 Å². The topological polar surface area (TPSA) is 37.8 Å². The van der Waals surface area contributed by atoms with Gasteiger partial charge in [-0.2, -0.15) is 0 Å². The van der Waals surface area contributed by atoms with Crippen molar-refractivity contribution >= 4 is 38.2 Å². The fraction of sp³-hybridized carbons (Fsp3) is 0.132. The molecule has 2 heterocycles. The van der Waals surface area contributed by atoms with Gasteiger partial charge in [-0.05, 0) is 94.5 Å². The molecule has 3 nitrogen and oxygen atoms in total. The molecule has 2 unspecified atom stereocenters. The average Bonchev–Trinajstić information content (AvgIpc) is 3.51. The van der Waals surface area contributed by atoms with Crippen LogP contribution in [-0.2, 0) is 0 Å². The molecule has 2 aliphatic carbocycles. The molecule has 0 amide bonds. The van der Waals surface area contributed by atoms with Crippen LogP contribution in [0.4, 0.5) is 0 Å². The number of nitrogens with zero attached hydrogens (tertiary/aromatic N) is 2. The highest BCUT2D eigenvalue weighted by atomic mass is 14.9. The minimum atomic E-state index is 0.108. The third-order valence-corrected chi connectivity index (χ3v) is 11.4. The van der Waals surface area contributed by atoms with E-state index in [9.17, 15) is 0 Å². The SMILES string of the molecule is C=C/C(=C\C(=C/C)c1ccc2c(c1)c1ccccc1c1nc(-c3ccccc3)cnc21)C1=CCCC(C2=CC(c3ccccc3)NC(C3C=CC=CC3)=CC2)=C1. The largest absolute Gasteiger partial charge is 0.378 e. The molecule has 3 heteroatoms. The Bertz CT molecular complexity index is 2710. The maximum absolute atomic E-state index is 5.17. The molecule has 0 radical (unpaired) electrons. The van der Waals surface area contributed by atoms with E-state index in [1.165, 1.54) is 38.8 Å². The molecule has 1 N–H and O–H groups in total. The maximum Gasteiger partial charge on any atom is 0.0979 e. The number of hydrogen-bond acceptors (Lipinski definition) is 3. The monoisotopic (exact) mass is 723 g/mol. The molecular weight excluding hydrogens is 679 g/mol. The number of benzene rings is 5. The second-order valence-corrected chi connectivity index (χ2v) is 14.8. The van der Waals surface area contributed by atoms with Gasteiger partial charge in [0.2, 0.25) is 0 Å². The lowest BCUT2D eigenvalue weighted by Gasteiger charge is -2.24. The lowest BCUT2D eigenvalue weighted by atomic mass is 9.87. The molecule has 1 aromatic heterocycles. The van der Waals surface area contributed by atoms with Crippen LogP contribution in [0.1, 0.15) is 49.8 Å². The van der Waals surface area contributed by atoms with Crippen molar-refractivity contribution < 1.29 is 0 Å². The number of nitrogens with one attached hydrogen (secondary N) is 1. The van der Waals surface area contributed by atoms with Crippen LogP contribution in [-0.4, -0.2) is 9.97 Å². The van der Waals surface area contributed by atoms with E-state index < -0.39 is 0 Å². The quantitative estimate of drug-likeness (QED) is 0.125. The molecule has 6 aromatic rings. The molecule has 56 heavy (non-hydrogen) atoms. The Labute approximate surface area is 329 Å². The molecule has 3 aliphatic rings. The average molecular weight is 724 g/mol. The van der Waals surface area contributed by atoms with Gasteiger partial charge in [-0.25, -0.2) is 4.98 Å². The van der Waals surface area contributed by atoms with Gasteiger partial charge in [0.05, 0.1) is 29.0 Å². The van der Waals surface area contributed by atoms with Crippen molar-refractivity contribution in [1.29, 1.82) is 0 Å². The van der Waals surface area contributed by atoms with Crippen LogP contribution in [0.2, 0.25) is 0 Å². The van der Waals surface area contributed by atoms with Crippen LogP contribution in [0.5, 0.6) is 0 Å². The van der Waals surface area contributed by atoms with Gasteiger partial charge in [0, 0.05) is 28.0 Å². The van der Waals surface area contributed by atoms with Crippen LogP contribution in [0.3, 0.4) is 0 Å². The normalized spacial score (nSPS) is 18.9. The summed E-state index contributed by atoms with van der Waals surface area (Å²) in [5.74, 6) is 0.372. The summed E-state index contributed by atoms with van der Waals surface area (Å²) in [6.07, 6.45) is 30.9. The number of aromatic nitrogens is 2. The summed E-state index contributed by atoms with van der Waals surface area (Å²) >= 11 is 0. The van der Waals surface area contributed by atoms with Gasteiger partial charge in [0.15, 0.2) is 0 Å². The summed E-state index contributed by atoms with van der Waals surface area (Å²) in [6, 6.07) is 36.6. The fourth-order valence-corrected chi connectivity index (χ4v) is 8.43. The van der Waals surface area contributed by atoms with Crippen molar-refractivity contribution in [3.05, 3.63) is 222 Å². The zero-order chi connectivity index (χ0) is 37.8. The van der Waals surface area contributed by atoms with Crippen molar-refractivity contribution in [2.45, 2.75) is 38.6 Å². The van der Waals surface area contributed by atoms with E-state index in [4.69, 9.17) is 9.97 Å². The highest BCUT2D eigenvalue weighted by molar-refractivity contribution is 6.23. The van der Waals surface area contributed by atoms with E-state index in [0.717, 1.165) is 75.5 Å². The number of fused-ring (bicyclic) bond motifs is 6. The number of allylic oxidation sites excluding steroid dienone is 15. The zero-order valence-electron chi connectivity index (χ0n) is 31.8. The third-order valence-electron chi connectivity index (χ3n) is 11.4. The van der Waals surface area contributed by atoms with Gasteiger partial charge in [0.1, 0.15) is 0 Å². The fourth-order valence-electron chi connectivity index (χ4n) is 8.43. The molecule has 272 valence electrons. The van der Waals surface area contributed by atoms with Gasteiger partial charge < -0.3 is 5.32 Å². The van der Waals surface area contributed by atoms with E-state index in [0.29, 0.717) is 5.92 Å². The molecule has 0 spiro atoms. The van der Waals surface area contributed by atoms with Crippen molar-refractivity contribution in [2.24, 2.45) is 5.92 Å². The minimum Gasteiger partial charge on any atom is -0.378 e. The van der Waals surface area contributed by atoms with Crippen LogP contribution in [0.15, 0.2) is 211 Å². The van der Waals surface area contributed by atoms with Crippen LogP contribution >= 0.6 is 0 Å². The molecule has 0 bridgehead atoms. The van der Waals surface area contributed by atoms with Crippen LogP contribution < -0.4 is 5.32 Å². The molecule has 9 rings (SSSR count). The van der Waals surface area contributed by atoms with Gasteiger partial charge in [-0.3, -0.25) is 4.98 Å². The molecule has 0 fully saturated rings. The predicted molar refractivity (Wildman–Crippen MR) is 237 cm³/mol. The van der Waals surface area contributed by atoms with Gasteiger partial charge in [-0.1, -0.05) is 164 Å². The molecule has 1 aliphatic heterocycles. The Kier molecular flexibility index (Phi) is 9.82. The lowest BCUT2D eigenvalue weighted by Crippen LogP contribution is -2.23. The van der Waals surface area contributed by atoms with Crippen LogP contribution in [0.25, 0.3) is 49.4 Å². The Balaban J connectivity index is 1.06. The molecular formula is C53H45N3. The van der Waals surface area contributed by atoms with Crippen molar-refractivity contribution in [1.82, 2.24) is 15.3 Å². The van der Waals surface area contributed by atoms with E-state index in [1.807, 2.05) is 30.5 Å². The third kappa shape index (κ3) is 6.93. The van der Waals surface area contributed by atoms with E-state index in [-0.39, 0.29) is 6.04 Å². The number of hydrogen-bond donors (Lipinski definition) is 1.